The van der Waals surface area contributed by atoms with E-state index in [9.17, 15) is 0 Å². The van der Waals surface area contributed by atoms with Crippen molar-refractivity contribution >= 4 is 0 Å². The minimum absolute atomic E-state index is 0.860. The van der Waals surface area contributed by atoms with Crippen LogP contribution in [0.1, 0.15) is 0 Å². The Morgan fingerprint density at radius 2 is 1.33 bits per heavy atom. The van der Waals surface area contributed by atoms with Crippen LogP contribution < -0.4 is 0 Å². The second-order valence-electron chi connectivity index (χ2n) is 3.85. The van der Waals surface area contributed by atoms with Crippen molar-refractivity contribution < 1.29 is 0 Å². The summed E-state index contributed by atoms with van der Waals surface area (Å²) in [5.41, 5.74) is 3.92. The zero-order valence-corrected chi connectivity index (χ0v) is 9.69. The predicted molar refractivity (Wildman–Crippen MR) is 70.7 cm³/mol. The summed E-state index contributed by atoms with van der Waals surface area (Å²) in [6, 6.07) is 14.0. The maximum atomic E-state index is 4.39. The highest BCUT2D eigenvalue weighted by atomic mass is 14.8. The van der Waals surface area contributed by atoms with Crippen molar-refractivity contribution in [2.45, 2.75) is 0 Å². The van der Waals surface area contributed by atoms with Crippen LogP contribution in [0.4, 0.5) is 0 Å². The van der Waals surface area contributed by atoms with Gasteiger partial charge in [-0.05, 0) is 12.1 Å². The lowest BCUT2D eigenvalue weighted by atomic mass is 10.0. The molecule has 3 rings (SSSR count). The molecule has 0 amide bonds. The van der Waals surface area contributed by atoms with Crippen molar-refractivity contribution in [2.75, 3.05) is 0 Å². The van der Waals surface area contributed by atoms with Crippen LogP contribution in [0.25, 0.3) is 22.5 Å². The van der Waals surface area contributed by atoms with Gasteiger partial charge in [0.25, 0.3) is 0 Å². The number of pyridine rings is 1. The Morgan fingerprint density at radius 1 is 0.611 bits per heavy atom. The molecule has 0 aliphatic carbocycles. The summed E-state index contributed by atoms with van der Waals surface area (Å²) in [6.45, 7) is 0. The smallest absolute Gasteiger partial charge is 0.0891 e. The van der Waals surface area contributed by atoms with E-state index in [1.807, 2.05) is 42.5 Å². The molecule has 3 heteroatoms. The zero-order valence-electron chi connectivity index (χ0n) is 9.69. The number of rotatable bonds is 2. The Morgan fingerprint density at radius 3 is 2.00 bits per heavy atom. The van der Waals surface area contributed by atoms with Crippen LogP contribution in [-0.4, -0.2) is 15.0 Å². The topological polar surface area (TPSA) is 38.7 Å². The van der Waals surface area contributed by atoms with Gasteiger partial charge in [-0.1, -0.05) is 30.3 Å². The highest BCUT2D eigenvalue weighted by molar-refractivity contribution is 5.79. The van der Waals surface area contributed by atoms with Gasteiger partial charge in [0, 0.05) is 29.7 Å². The van der Waals surface area contributed by atoms with Crippen molar-refractivity contribution in [3.63, 3.8) is 0 Å². The average molecular weight is 233 g/mol. The van der Waals surface area contributed by atoms with E-state index >= 15 is 0 Å². The summed E-state index contributed by atoms with van der Waals surface area (Å²) in [5, 5.41) is 0. The summed E-state index contributed by atoms with van der Waals surface area (Å²) in [6.07, 6.45) is 6.93. The molecule has 18 heavy (non-hydrogen) atoms. The van der Waals surface area contributed by atoms with Crippen molar-refractivity contribution in [2.24, 2.45) is 0 Å². The van der Waals surface area contributed by atoms with Crippen LogP contribution in [0.2, 0.25) is 0 Å². The molecular weight excluding hydrogens is 222 g/mol. The highest BCUT2D eigenvalue weighted by Crippen LogP contribution is 2.28. The van der Waals surface area contributed by atoms with E-state index < -0.39 is 0 Å². The molecule has 0 spiro atoms. The van der Waals surface area contributed by atoms with Crippen molar-refractivity contribution in [3.8, 4) is 22.5 Å². The Bertz CT molecular complexity index is 578. The molecular formula is C15H11N3. The standard InChI is InChI=1S/C15H11N3/c1-2-6-13(15-11-16-9-10-18-15)12(5-1)14-7-3-4-8-17-14/h1-11H. The van der Waals surface area contributed by atoms with E-state index in [1.165, 1.54) is 0 Å². The van der Waals surface area contributed by atoms with Gasteiger partial charge in [-0.25, -0.2) is 0 Å². The minimum atomic E-state index is 0.860. The first-order valence-electron chi connectivity index (χ1n) is 5.72. The number of hydrogen-bond donors (Lipinski definition) is 0. The molecule has 3 nitrogen and oxygen atoms in total. The van der Waals surface area contributed by atoms with Gasteiger partial charge in [0.1, 0.15) is 0 Å². The van der Waals surface area contributed by atoms with Crippen molar-refractivity contribution in [1.29, 1.82) is 0 Å². The zero-order chi connectivity index (χ0) is 12.2. The lowest BCUT2D eigenvalue weighted by Gasteiger charge is -2.07. The monoisotopic (exact) mass is 233 g/mol. The maximum absolute atomic E-state index is 4.39. The van der Waals surface area contributed by atoms with Gasteiger partial charge in [0.15, 0.2) is 0 Å². The molecule has 0 saturated heterocycles. The van der Waals surface area contributed by atoms with Crippen molar-refractivity contribution in [3.05, 3.63) is 67.3 Å². The molecule has 0 N–H and O–H groups in total. The molecule has 0 saturated carbocycles. The third-order valence-electron chi connectivity index (χ3n) is 2.71. The number of benzene rings is 1. The SMILES string of the molecule is c1ccc(-c2ccccc2-c2cnccn2)nc1. The lowest BCUT2D eigenvalue weighted by Crippen LogP contribution is -1.89. The predicted octanol–water partition coefficient (Wildman–Crippen LogP) is 3.21. The molecule has 0 radical (unpaired) electrons. The summed E-state index contributed by atoms with van der Waals surface area (Å²) in [7, 11) is 0. The quantitative estimate of drug-likeness (QED) is 0.682. The Hall–Kier alpha value is -2.55. The third-order valence-corrected chi connectivity index (χ3v) is 2.71. The Labute approximate surface area is 105 Å². The van der Waals surface area contributed by atoms with E-state index in [0.717, 1.165) is 22.5 Å². The maximum Gasteiger partial charge on any atom is 0.0891 e. The molecule has 3 aromatic rings. The normalized spacial score (nSPS) is 10.2. The molecule has 0 unspecified atom stereocenters. The van der Waals surface area contributed by atoms with Gasteiger partial charge in [0.05, 0.1) is 17.6 Å². The molecule has 86 valence electrons. The van der Waals surface area contributed by atoms with Crippen LogP contribution >= 0.6 is 0 Å². The van der Waals surface area contributed by atoms with E-state index in [1.54, 1.807) is 24.8 Å². The fraction of sp³-hybridized carbons (Fsp3) is 0. The Kier molecular flexibility index (Phi) is 2.80. The molecule has 2 aromatic heterocycles. The summed E-state index contributed by atoms with van der Waals surface area (Å²) in [4.78, 5) is 12.8. The molecule has 0 aliphatic rings. The van der Waals surface area contributed by atoms with Gasteiger partial charge in [-0.2, -0.15) is 0 Å². The molecule has 0 aliphatic heterocycles. The summed E-state index contributed by atoms with van der Waals surface area (Å²) >= 11 is 0. The largest absolute Gasteiger partial charge is 0.261 e. The molecule has 0 fully saturated rings. The van der Waals surface area contributed by atoms with Crippen LogP contribution in [-0.2, 0) is 0 Å². The van der Waals surface area contributed by atoms with Gasteiger partial charge < -0.3 is 0 Å². The van der Waals surface area contributed by atoms with Gasteiger partial charge >= 0.3 is 0 Å². The Balaban J connectivity index is 2.18. The molecule has 2 heterocycles. The van der Waals surface area contributed by atoms with Crippen LogP contribution in [0.15, 0.2) is 67.3 Å². The molecule has 1 aromatic carbocycles. The summed E-state index contributed by atoms with van der Waals surface area (Å²) in [5.74, 6) is 0. The van der Waals surface area contributed by atoms with E-state index in [-0.39, 0.29) is 0 Å². The molecule has 0 atom stereocenters. The van der Waals surface area contributed by atoms with E-state index in [4.69, 9.17) is 0 Å². The van der Waals surface area contributed by atoms with E-state index in [0.29, 0.717) is 0 Å². The van der Waals surface area contributed by atoms with Gasteiger partial charge in [-0.15, -0.1) is 0 Å². The third kappa shape index (κ3) is 1.98. The fourth-order valence-electron chi connectivity index (χ4n) is 1.89. The first kappa shape index (κ1) is 10.6. The average Bonchev–Trinajstić information content (AvgIpc) is 2.49. The fourth-order valence-corrected chi connectivity index (χ4v) is 1.89. The minimum Gasteiger partial charge on any atom is -0.261 e. The second-order valence-corrected chi connectivity index (χ2v) is 3.85. The molecule has 0 bridgehead atoms. The van der Waals surface area contributed by atoms with Crippen molar-refractivity contribution in [1.82, 2.24) is 15.0 Å². The number of aromatic nitrogens is 3. The van der Waals surface area contributed by atoms with Crippen LogP contribution in [0, 0.1) is 0 Å². The number of hydrogen-bond acceptors (Lipinski definition) is 3. The van der Waals surface area contributed by atoms with Crippen LogP contribution in [0.5, 0.6) is 0 Å². The highest BCUT2D eigenvalue weighted by Gasteiger charge is 2.08. The van der Waals surface area contributed by atoms with E-state index in [2.05, 4.69) is 15.0 Å². The first-order valence-corrected chi connectivity index (χ1v) is 5.72. The van der Waals surface area contributed by atoms with Gasteiger partial charge in [-0.3, -0.25) is 15.0 Å². The second kappa shape index (κ2) is 4.75. The first-order chi connectivity index (χ1) is 8.95. The number of nitrogens with zero attached hydrogens (tertiary/aromatic N) is 3. The van der Waals surface area contributed by atoms with Gasteiger partial charge in [0.2, 0.25) is 0 Å². The lowest BCUT2D eigenvalue weighted by molar-refractivity contribution is 1.20. The van der Waals surface area contributed by atoms with Crippen LogP contribution in [0.3, 0.4) is 0 Å². The summed E-state index contributed by atoms with van der Waals surface area (Å²) < 4.78 is 0.